The van der Waals surface area contributed by atoms with Gasteiger partial charge in [-0.1, -0.05) is 19.4 Å². The molecule has 0 aromatic carbocycles. The number of aliphatic hydroxyl groups excluding tert-OH is 2. The van der Waals surface area contributed by atoms with Crippen molar-refractivity contribution in [3.63, 3.8) is 0 Å². The zero-order valence-electron chi connectivity index (χ0n) is 11.5. The number of carbonyl (C=O) groups is 1. The maximum Gasteiger partial charge on any atom is 0.184 e. The highest BCUT2D eigenvalue weighted by Crippen LogP contribution is 2.56. The molecule has 0 spiro atoms. The molecule has 4 unspecified atom stereocenters. The normalized spacial score (nSPS) is 39.8. The molecule has 2 aliphatic rings. The predicted molar refractivity (Wildman–Crippen MR) is 70.0 cm³/mol. The molecule has 3 heteroatoms. The number of fused-ring (bicyclic) bond motifs is 1. The maximum atomic E-state index is 11.9. The number of hydrogen-bond donors (Lipinski definition) is 2. The van der Waals surface area contributed by atoms with Gasteiger partial charge in [0.1, 0.15) is 6.10 Å². The van der Waals surface area contributed by atoms with Crippen LogP contribution >= 0.6 is 0 Å². The Morgan fingerprint density at radius 2 is 2.11 bits per heavy atom. The van der Waals surface area contributed by atoms with Crippen LogP contribution in [0.4, 0.5) is 0 Å². The van der Waals surface area contributed by atoms with Crippen LogP contribution in [-0.2, 0) is 4.79 Å². The summed E-state index contributed by atoms with van der Waals surface area (Å²) in [5, 5.41) is 19.6. The molecule has 1 saturated carbocycles. The van der Waals surface area contributed by atoms with Gasteiger partial charge in [0.2, 0.25) is 0 Å². The maximum absolute atomic E-state index is 11.9. The van der Waals surface area contributed by atoms with Crippen molar-refractivity contribution in [1.29, 1.82) is 0 Å². The Hall–Kier alpha value is -0.670. The lowest BCUT2D eigenvalue weighted by Crippen LogP contribution is -2.51. The first-order valence-electron chi connectivity index (χ1n) is 6.87. The van der Waals surface area contributed by atoms with E-state index in [0.717, 1.165) is 24.8 Å². The van der Waals surface area contributed by atoms with Crippen LogP contribution in [0.25, 0.3) is 0 Å². The summed E-state index contributed by atoms with van der Waals surface area (Å²) in [5.74, 6) is 0.247. The third kappa shape index (κ3) is 2.26. The average molecular weight is 252 g/mol. The lowest BCUT2D eigenvalue weighted by molar-refractivity contribution is -0.136. The first-order valence-corrected chi connectivity index (χ1v) is 6.87. The van der Waals surface area contributed by atoms with Crippen molar-refractivity contribution in [2.45, 2.75) is 46.1 Å². The standard InChI is InChI=1S/C15H24O3/c1-9-4-5-12-10(7-15(12,2)3)11(8-16)14(18)13(17)6-9/h6,10-12,14,16,18H,4-5,7-8H2,1-3H3. The lowest BCUT2D eigenvalue weighted by Gasteiger charge is -2.55. The molecule has 2 aliphatic carbocycles. The number of carbonyl (C=O) groups excluding carboxylic acids is 1. The van der Waals surface area contributed by atoms with Crippen molar-refractivity contribution >= 4 is 5.78 Å². The monoisotopic (exact) mass is 252 g/mol. The first-order chi connectivity index (χ1) is 8.36. The van der Waals surface area contributed by atoms with Gasteiger partial charge in [0.05, 0.1) is 0 Å². The van der Waals surface area contributed by atoms with E-state index in [9.17, 15) is 15.0 Å². The molecule has 0 heterocycles. The van der Waals surface area contributed by atoms with Crippen LogP contribution in [0.3, 0.4) is 0 Å². The van der Waals surface area contributed by atoms with Crippen LogP contribution < -0.4 is 0 Å². The van der Waals surface area contributed by atoms with Crippen molar-refractivity contribution in [3.05, 3.63) is 11.6 Å². The van der Waals surface area contributed by atoms with E-state index in [0.29, 0.717) is 5.92 Å². The minimum atomic E-state index is -1.04. The molecule has 2 N–H and O–H groups in total. The Morgan fingerprint density at radius 3 is 2.67 bits per heavy atom. The number of allylic oxidation sites excluding steroid dienone is 1. The molecule has 4 atom stereocenters. The van der Waals surface area contributed by atoms with Crippen molar-refractivity contribution < 1.29 is 15.0 Å². The van der Waals surface area contributed by atoms with E-state index in [-0.39, 0.29) is 29.6 Å². The molecule has 102 valence electrons. The highest BCUT2D eigenvalue weighted by molar-refractivity contribution is 5.94. The van der Waals surface area contributed by atoms with E-state index in [2.05, 4.69) is 13.8 Å². The first kappa shape index (κ1) is 13.8. The van der Waals surface area contributed by atoms with Gasteiger partial charge >= 0.3 is 0 Å². The summed E-state index contributed by atoms with van der Waals surface area (Å²) in [6.45, 7) is 6.34. The molecule has 0 aliphatic heterocycles. The predicted octanol–water partition coefficient (Wildman–Crippen LogP) is 1.93. The molecule has 0 radical (unpaired) electrons. The fraction of sp³-hybridized carbons (Fsp3) is 0.800. The molecule has 0 aromatic heterocycles. The number of ketones is 1. The van der Waals surface area contributed by atoms with Gasteiger partial charge in [0.25, 0.3) is 0 Å². The SMILES string of the molecule is CC1=CC(=O)C(O)C(CO)C2CC(C)(C)C2CC1. The molecule has 0 bridgehead atoms. The smallest absolute Gasteiger partial charge is 0.184 e. The summed E-state index contributed by atoms with van der Waals surface area (Å²) in [6, 6.07) is 0. The fourth-order valence-corrected chi connectivity index (χ4v) is 3.84. The number of rotatable bonds is 1. The average Bonchev–Trinajstić information content (AvgIpc) is 2.30. The molecule has 2 rings (SSSR count). The van der Waals surface area contributed by atoms with Crippen LogP contribution in [0.2, 0.25) is 0 Å². The molecule has 3 nitrogen and oxygen atoms in total. The minimum Gasteiger partial charge on any atom is -0.396 e. The summed E-state index contributed by atoms with van der Waals surface area (Å²) in [5.41, 5.74) is 1.31. The molecule has 0 saturated heterocycles. The van der Waals surface area contributed by atoms with Gasteiger partial charge in [-0.15, -0.1) is 0 Å². The summed E-state index contributed by atoms with van der Waals surface area (Å²) in [4.78, 5) is 11.9. The number of aliphatic hydroxyl groups is 2. The van der Waals surface area contributed by atoms with Crippen molar-refractivity contribution in [2.75, 3.05) is 6.61 Å². The largest absolute Gasteiger partial charge is 0.396 e. The number of hydrogen-bond acceptors (Lipinski definition) is 3. The van der Waals surface area contributed by atoms with E-state index >= 15 is 0 Å². The van der Waals surface area contributed by atoms with Gasteiger partial charge in [-0.05, 0) is 49.5 Å². The second-order valence-corrected chi connectivity index (χ2v) is 6.69. The molecule has 18 heavy (non-hydrogen) atoms. The van der Waals surface area contributed by atoms with Gasteiger partial charge in [0, 0.05) is 12.5 Å². The van der Waals surface area contributed by atoms with Gasteiger partial charge in [0.15, 0.2) is 5.78 Å². The Bertz CT molecular complexity index is 370. The van der Waals surface area contributed by atoms with Crippen LogP contribution in [-0.4, -0.2) is 28.7 Å². The second-order valence-electron chi connectivity index (χ2n) is 6.69. The van der Waals surface area contributed by atoms with Crippen LogP contribution in [0.5, 0.6) is 0 Å². The lowest BCUT2D eigenvalue weighted by atomic mass is 9.50. The third-order valence-corrected chi connectivity index (χ3v) is 4.98. The summed E-state index contributed by atoms with van der Waals surface area (Å²) in [7, 11) is 0. The van der Waals surface area contributed by atoms with E-state index in [4.69, 9.17) is 0 Å². The summed E-state index contributed by atoms with van der Waals surface area (Å²) >= 11 is 0. The third-order valence-electron chi connectivity index (χ3n) is 4.98. The summed E-state index contributed by atoms with van der Waals surface area (Å²) < 4.78 is 0. The van der Waals surface area contributed by atoms with Crippen molar-refractivity contribution in [1.82, 2.24) is 0 Å². The Kier molecular flexibility index (Phi) is 3.65. The Balaban J connectivity index is 2.27. The van der Waals surface area contributed by atoms with Crippen molar-refractivity contribution in [2.24, 2.45) is 23.2 Å². The molecular formula is C15H24O3. The highest BCUT2D eigenvalue weighted by Gasteiger charge is 2.51. The van der Waals surface area contributed by atoms with E-state index in [1.54, 1.807) is 6.08 Å². The van der Waals surface area contributed by atoms with Gasteiger partial charge in [-0.25, -0.2) is 0 Å². The zero-order valence-corrected chi connectivity index (χ0v) is 11.5. The topological polar surface area (TPSA) is 57.5 Å². The van der Waals surface area contributed by atoms with Gasteiger partial charge < -0.3 is 10.2 Å². The second kappa shape index (κ2) is 4.78. The van der Waals surface area contributed by atoms with Crippen LogP contribution in [0.15, 0.2) is 11.6 Å². The zero-order chi connectivity index (χ0) is 13.5. The molecular weight excluding hydrogens is 228 g/mol. The molecule has 1 fully saturated rings. The Morgan fingerprint density at radius 1 is 1.44 bits per heavy atom. The fourth-order valence-electron chi connectivity index (χ4n) is 3.84. The van der Waals surface area contributed by atoms with Crippen LogP contribution in [0.1, 0.15) is 40.0 Å². The highest BCUT2D eigenvalue weighted by atomic mass is 16.3. The van der Waals surface area contributed by atoms with E-state index in [1.807, 2.05) is 6.92 Å². The van der Waals surface area contributed by atoms with Gasteiger partial charge in [-0.3, -0.25) is 4.79 Å². The van der Waals surface area contributed by atoms with Crippen LogP contribution in [0, 0.1) is 23.2 Å². The molecule has 0 aromatic rings. The van der Waals surface area contributed by atoms with Gasteiger partial charge in [-0.2, -0.15) is 0 Å². The quantitative estimate of drug-likeness (QED) is 0.749. The molecule has 0 amide bonds. The Labute approximate surface area is 109 Å². The van der Waals surface area contributed by atoms with E-state index in [1.165, 1.54) is 0 Å². The minimum absolute atomic E-state index is 0.100. The van der Waals surface area contributed by atoms with Crippen molar-refractivity contribution in [3.8, 4) is 0 Å². The summed E-state index contributed by atoms with van der Waals surface area (Å²) in [6.07, 6.45) is 3.49. The van der Waals surface area contributed by atoms with E-state index < -0.39 is 6.10 Å².